The molecule has 0 radical (unpaired) electrons. The van der Waals surface area contributed by atoms with Crippen LogP contribution in [0.15, 0.2) is 65.3 Å². The summed E-state index contributed by atoms with van der Waals surface area (Å²) in [5, 5.41) is 6.30. The van der Waals surface area contributed by atoms with E-state index in [-0.39, 0.29) is 17.6 Å². The Morgan fingerprint density at radius 3 is 2.18 bits per heavy atom. The average molecular weight is 464 g/mol. The molecule has 0 aliphatic carbocycles. The van der Waals surface area contributed by atoms with E-state index >= 15 is 0 Å². The van der Waals surface area contributed by atoms with Gasteiger partial charge in [0, 0.05) is 16.9 Å². The predicted molar refractivity (Wildman–Crippen MR) is 126 cm³/mol. The Morgan fingerprint density at radius 1 is 0.909 bits per heavy atom. The molecule has 0 aliphatic rings. The van der Waals surface area contributed by atoms with Crippen molar-refractivity contribution in [2.24, 2.45) is 0 Å². The molecule has 0 saturated carbocycles. The lowest BCUT2D eigenvalue weighted by Gasteiger charge is -2.08. The standard InChI is InChI=1S/C24H21N3O5S/c1-14-21(33-24(25-14)15-6-11-18(30-2)20(13-15)31-3)23(29)27-17-9-7-16(8-10-17)26-22(28)19-5-4-12-32-19/h4-13H,1-3H3,(H,26,28)(H,27,29). The summed E-state index contributed by atoms with van der Waals surface area (Å²) in [6, 6.07) is 15.5. The van der Waals surface area contributed by atoms with Crippen molar-refractivity contribution < 1.29 is 23.5 Å². The number of amides is 2. The van der Waals surface area contributed by atoms with E-state index in [0.29, 0.717) is 38.5 Å². The maximum absolute atomic E-state index is 12.9. The molecule has 0 fully saturated rings. The van der Waals surface area contributed by atoms with Crippen LogP contribution < -0.4 is 20.1 Å². The third-order valence-electron chi connectivity index (χ3n) is 4.78. The van der Waals surface area contributed by atoms with Crippen LogP contribution in [-0.4, -0.2) is 31.0 Å². The first-order valence-electron chi connectivity index (χ1n) is 9.94. The van der Waals surface area contributed by atoms with Gasteiger partial charge in [0.05, 0.1) is 26.2 Å². The molecule has 0 saturated heterocycles. The first-order chi connectivity index (χ1) is 16.0. The number of furan rings is 1. The van der Waals surface area contributed by atoms with Crippen LogP contribution in [0.4, 0.5) is 11.4 Å². The van der Waals surface area contributed by atoms with Gasteiger partial charge < -0.3 is 24.5 Å². The molecule has 0 aliphatic heterocycles. The molecule has 0 bridgehead atoms. The Hall–Kier alpha value is -4.11. The van der Waals surface area contributed by atoms with Gasteiger partial charge in [0.15, 0.2) is 17.3 Å². The highest BCUT2D eigenvalue weighted by Gasteiger charge is 2.18. The van der Waals surface area contributed by atoms with Gasteiger partial charge >= 0.3 is 0 Å². The lowest BCUT2D eigenvalue weighted by Crippen LogP contribution is -2.12. The highest BCUT2D eigenvalue weighted by Crippen LogP contribution is 2.35. The van der Waals surface area contributed by atoms with Crippen molar-refractivity contribution in [3.05, 3.63) is 77.2 Å². The summed E-state index contributed by atoms with van der Waals surface area (Å²) < 4.78 is 15.7. The van der Waals surface area contributed by atoms with E-state index in [1.54, 1.807) is 63.6 Å². The number of aromatic nitrogens is 1. The van der Waals surface area contributed by atoms with Crippen molar-refractivity contribution in [2.75, 3.05) is 24.9 Å². The average Bonchev–Trinajstić information content (AvgIpc) is 3.50. The van der Waals surface area contributed by atoms with Gasteiger partial charge in [0.25, 0.3) is 11.8 Å². The fourth-order valence-electron chi connectivity index (χ4n) is 3.13. The number of nitrogens with zero attached hydrogens (tertiary/aromatic N) is 1. The Morgan fingerprint density at radius 2 is 1.58 bits per heavy atom. The van der Waals surface area contributed by atoms with Gasteiger partial charge in [-0.3, -0.25) is 9.59 Å². The number of methoxy groups -OCH3 is 2. The van der Waals surface area contributed by atoms with Crippen molar-refractivity contribution in [1.82, 2.24) is 4.98 Å². The summed E-state index contributed by atoms with van der Waals surface area (Å²) in [6.45, 7) is 1.79. The summed E-state index contributed by atoms with van der Waals surface area (Å²) in [7, 11) is 3.15. The van der Waals surface area contributed by atoms with Crippen molar-refractivity contribution in [3.8, 4) is 22.1 Å². The number of benzene rings is 2. The third-order valence-corrected chi connectivity index (χ3v) is 5.98. The van der Waals surface area contributed by atoms with Crippen LogP contribution in [0.1, 0.15) is 25.9 Å². The van der Waals surface area contributed by atoms with Crippen molar-refractivity contribution in [3.63, 3.8) is 0 Å². The Balaban J connectivity index is 1.46. The summed E-state index contributed by atoms with van der Waals surface area (Å²) in [4.78, 5) is 30.0. The quantitative estimate of drug-likeness (QED) is 0.389. The molecule has 2 N–H and O–H groups in total. The normalized spacial score (nSPS) is 10.5. The molecule has 2 aromatic carbocycles. The van der Waals surface area contributed by atoms with Gasteiger partial charge in [-0.1, -0.05) is 0 Å². The maximum Gasteiger partial charge on any atom is 0.291 e. The van der Waals surface area contributed by atoms with Crippen LogP contribution in [-0.2, 0) is 0 Å². The van der Waals surface area contributed by atoms with Gasteiger partial charge in [-0.2, -0.15) is 0 Å². The zero-order valence-corrected chi connectivity index (χ0v) is 19.0. The number of ether oxygens (including phenoxy) is 2. The zero-order valence-electron chi connectivity index (χ0n) is 18.2. The highest BCUT2D eigenvalue weighted by molar-refractivity contribution is 7.17. The minimum absolute atomic E-state index is 0.221. The smallest absolute Gasteiger partial charge is 0.291 e. The molecule has 0 atom stereocenters. The van der Waals surface area contributed by atoms with E-state index in [4.69, 9.17) is 13.9 Å². The number of anilines is 2. The fourth-order valence-corrected chi connectivity index (χ4v) is 4.08. The molecule has 8 nitrogen and oxygen atoms in total. The summed E-state index contributed by atoms with van der Waals surface area (Å²) in [6.07, 6.45) is 1.44. The molecule has 4 rings (SSSR count). The lowest BCUT2D eigenvalue weighted by molar-refractivity contribution is 0.0994. The largest absolute Gasteiger partial charge is 0.493 e. The van der Waals surface area contributed by atoms with Crippen LogP contribution in [0.25, 0.3) is 10.6 Å². The molecule has 4 aromatic rings. The van der Waals surface area contributed by atoms with Crippen LogP contribution in [0.5, 0.6) is 11.5 Å². The SMILES string of the molecule is COc1ccc(-c2nc(C)c(C(=O)Nc3ccc(NC(=O)c4ccco4)cc3)s2)cc1OC. The Kier molecular flexibility index (Phi) is 6.41. The molecule has 168 valence electrons. The van der Waals surface area contributed by atoms with E-state index in [9.17, 15) is 9.59 Å². The van der Waals surface area contributed by atoms with Crippen molar-refractivity contribution >= 4 is 34.5 Å². The van der Waals surface area contributed by atoms with E-state index in [0.717, 1.165) is 5.56 Å². The van der Waals surface area contributed by atoms with E-state index in [1.165, 1.54) is 17.6 Å². The number of hydrogen-bond acceptors (Lipinski definition) is 7. The molecule has 0 spiro atoms. The lowest BCUT2D eigenvalue weighted by atomic mass is 10.2. The first-order valence-corrected chi connectivity index (χ1v) is 10.8. The van der Waals surface area contributed by atoms with Crippen molar-refractivity contribution in [2.45, 2.75) is 6.92 Å². The minimum Gasteiger partial charge on any atom is -0.493 e. The second-order valence-electron chi connectivity index (χ2n) is 6.97. The van der Waals surface area contributed by atoms with Crippen LogP contribution in [0.2, 0.25) is 0 Å². The first kappa shape index (κ1) is 22.1. The number of nitrogens with one attached hydrogen (secondary N) is 2. The van der Waals surface area contributed by atoms with E-state index in [1.807, 2.05) is 12.1 Å². The maximum atomic E-state index is 12.9. The minimum atomic E-state index is -0.347. The molecular formula is C24H21N3O5S. The summed E-state index contributed by atoms with van der Waals surface area (Å²) in [5.74, 6) is 0.826. The number of aryl methyl sites for hydroxylation is 1. The monoisotopic (exact) mass is 463 g/mol. The second-order valence-corrected chi connectivity index (χ2v) is 7.97. The molecule has 9 heteroatoms. The summed E-state index contributed by atoms with van der Waals surface area (Å²) in [5.41, 5.74) is 2.64. The van der Waals surface area contributed by atoms with Crippen LogP contribution in [0, 0.1) is 6.92 Å². The van der Waals surface area contributed by atoms with E-state index < -0.39 is 0 Å². The molecule has 2 aromatic heterocycles. The number of carbonyl (C=O) groups is 2. The van der Waals surface area contributed by atoms with Gasteiger partial charge in [0.2, 0.25) is 0 Å². The number of rotatable bonds is 7. The number of hydrogen-bond donors (Lipinski definition) is 2. The van der Waals surface area contributed by atoms with Crippen LogP contribution in [0.3, 0.4) is 0 Å². The van der Waals surface area contributed by atoms with Gasteiger partial charge in [-0.15, -0.1) is 11.3 Å². The zero-order chi connectivity index (χ0) is 23.4. The number of thiazole rings is 1. The number of carbonyl (C=O) groups excluding carboxylic acids is 2. The van der Waals surface area contributed by atoms with Crippen LogP contribution >= 0.6 is 11.3 Å². The predicted octanol–water partition coefficient (Wildman–Crippen LogP) is 5.23. The molecule has 0 unspecified atom stereocenters. The molecule has 2 amide bonds. The Bertz CT molecular complexity index is 1280. The van der Waals surface area contributed by atoms with Gasteiger partial charge in [-0.05, 0) is 61.5 Å². The van der Waals surface area contributed by atoms with Gasteiger partial charge in [0.1, 0.15) is 9.88 Å². The fraction of sp³-hybridized carbons (Fsp3) is 0.125. The van der Waals surface area contributed by atoms with Gasteiger partial charge in [-0.25, -0.2) is 4.98 Å². The third kappa shape index (κ3) is 4.88. The van der Waals surface area contributed by atoms with E-state index in [2.05, 4.69) is 15.6 Å². The van der Waals surface area contributed by atoms with Crippen molar-refractivity contribution in [1.29, 1.82) is 0 Å². The topological polar surface area (TPSA) is 103 Å². The molecule has 2 heterocycles. The molecular weight excluding hydrogens is 442 g/mol. The molecule has 33 heavy (non-hydrogen) atoms. The Labute approximate surface area is 194 Å². The second kappa shape index (κ2) is 9.58. The summed E-state index contributed by atoms with van der Waals surface area (Å²) >= 11 is 1.30. The highest BCUT2D eigenvalue weighted by atomic mass is 32.1.